The Labute approximate surface area is 140 Å². The molecule has 0 aliphatic heterocycles. The Bertz CT molecular complexity index is 730. The number of allylic oxidation sites excluding steroid dienone is 1. The maximum Gasteiger partial charge on any atom is 0.343 e. The first-order chi connectivity index (χ1) is 11.6. The third kappa shape index (κ3) is 4.98. The molecule has 2 rings (SSSR count). The van der Waals surface area contributed by atoms with Crippen molar-refractivity contribution < 1.29 is 19.4 Å². The van der Waals surface area contributed by atoms with Crippen molar-refractivity contribution in [2.75, 3.05) is 7.11 Å². The van der Waals surface area contributed by atoms with Crippen LogP contribution in [0.1, 0.15) is 12.5 Å². The molecule has 0 spiro atoms. The number of aliphatic imine (C=N–C) groups is 1. The molecule has 0 atom stereocenters. The van der Waals surface area contributed by atoms with Crippen LogP contribution >= 0.6 is 0 Å². The summed E-state index contributed by atoms with van der Waals surface area (Å²) >= 11 is 0. The minimum atomic E-state index is -0.629. The Hall–Kier alpha value is -3.08. The predicted molar refractivity (Wildman–Crippen MR) is 92.7 cm³/mol. The first-order valence-electron chi connectivity index (χ1n) is 7.39. The maximum atomic E-state index is 12.1. The molecular weight excluding hydrogens is 306 g/mol. The fraction of sp³-hybridized carbons (Fsp3) is 0.158. The molecule has 1 N–H and O–H groups in total. The molecule has 5 nitrogen and oxygen atoms in total. The number of methoxy groups -OCH3 is 1. The van der Waals surface area contributed by atoms with Crippen molar-refractivity contribution >= 4 is 17.9 Å². The molecular formula is C19H19NO4. The zero-order valence-electron chi connectivity index (χ0n) is 13.6. The van der Waals surface area contributed by atoms with E-state index in [1.54, 1.807) is 31.4 Å². The lowest BCUT2D eigenvalue weighted by atomic mass is 10.2. The van der Waals surface area contributed by atoms with Crippen molar-refractivity contribution in [3.8, 4) is 5.75 Å². The zero-order valence-corrected chi connectivity index (χ0v) is 13.6. The minimum Gasteiger partial charge on any atom is -0.512 e. The predicted octanol–water partition coefficient (Wildman–Crippen LogP) is 3.97. The monoisotopic (exact) mass is 325 g/mol. The molecule has 5 heteroatoms. The van der Waals surface area contributed by atoms with Crippen LogP contribution < -0.4 is 4.74 Å². The summed E-state index contributed by atoms with van der Waals surface area (Å²) in [7, 11) is 1.58. The van der Waals surface area contributed by atoms with Gasteiger partial charge in [-0.3, -0.25) is 4.99 Å². The van der Waals surface area contributed by atoms with E-state index in [0.29, 0.717) is 11.4 Å². The van der Waals surface area contributed by atoms with Crippen LogP contribution in [0.25, 0.3) is 0 Å². The molecule has 0 fully saturated rings. The summed E-state index contributed by atoms with van der Waals surface area (Å²) in [6, 6.07) is 16.3. The lowest BCUT2D eigenvalue weighted by molar-refractivity contribution is -0.139. The van der Waals surface area contributed by atoms with Crippen molar-refractivity contribution in [1.29, 1.82) is 0 Å². The number of hydrogen-bond donors (Lipinski definition) is 1. The Morgan fingerprint density at radius 1 is 1.12 bits per heavy atom. The number of hydrogen-bond acceptors (Lipinski definition) is 5. The quantitative estimate of drug-likeness (QED) is 0.378. The highest BCUT2D eigenvalue weighted by atomic mass is 16.5. The molecule has 0 aliphatic carbocycles. The minimum absolute atomic E-state index is 0.0155. The van der Waals surface area contributed by atoms with Gasteiger partial charge in [-0.15, -0.1) is 0 Å². The molecule has 0 radical (unpaired) electrons. The molecule has 0 unspecified atom stereocenters. The normalized spacial score (nSPS) is 11.9. The van der Waals surface area contributed by atoms with Crippen LogP contribution in [0.15, 0.2) is 70.9 Å². The largest absolute Gasteiger partial charge is 0.512 e. The number of esters is 1. The van der Waals surface area contributed by atoms with Crippen LogP contribution in [0.5, 0.6) is 5.75 Å². The molecule has 0 aliphatic rings. The van der Waals surface area contributed by atoms with E-state index >= 15 is 0 Å². The molecule has 0 aromatic heterocycles. The van der Waals surface area contributed by atoms with Crippen molar-refractivity contribution in [3.05, 3.63) is 71.5 Å². The van der Waals surface area contributed by atoms with Gasteiger partial charge in [0.2, 0.25) is 0 Å². The van der Waals surface area contributed by atoms with E-state index in [0.717, 1.165) is 5.56 Å². The molecule has 0 saturated heterocycles. The third-order valence-electron chi connectivity index (χ3n) is 3.24. The molecule has 0 amide bonds. The molecule has 2 aromatic carbocycles. The summed E-state index contributed by atoms with van der Waals surface area (Å²) in [5.41, 5.74) is 1.51. The molecule has 24 heavy (non-hydrogen) atoms. The van der Waals surface area contributed by atoms with Crippen molar-refractivity contribution in [2.24, 2.45) is 4.99 Å². The molecule has 0 bridgehead atoms. The summed E-state index contributed by atoms with van der Waals surface area (Å²) in [6.45, 7) is 1.55. The smallest absolute Gasteiger partial charge is 0.343 e. The number of aliphatic hydroxyl groups excluding tert-OH is 1. The average Bonchev–Trinajstić information content (AvgIpc) is 2.61. The topological polar surface area (TPSA) is 68.1 Å². The second-order valence-corrected chi connectivity index (χ2v) is 5.02. The number of benzene rings is 2. The summed E-state index contributed by atoms with van der Waals surface area (Å²) in [5, 5.41) is 9.71. The zero-order chi connectivity index (χ0) is 17.4. The van der Waals surface area contributed by atoms with E-state index < -0.39 is 5.97 Å². The van der Waals surface area contributed by atoms with Gasteiger partial charge >= 0.3 is 5.97 Å². The van der Waals surface area contributed by atoms with Crippen LogP contribution in [0.4, 0.5) is 5.69 Å². The number of rotatable bonds is 6. The van der Waals surface area contributed by atoms with Gasteiger partial charge in [0.15, 0.2) is 0 Å². The van der Waals surface area contributed by atoms with Crippen LogP contribution in [-0.2, 0) is 16.1 Å². The van der Waals surface area contributed by atoms with Crippen molar-refractivity contribution in [2.45, 2.75) is 13.5 Å². The summed E-state index contributed by atoms with van der Waals surface area (Å²) in [5.74, 6) is -0.0632. The second-order valence-electron chi connectivity index (χ2n) is 5.02. The van der Waals surface area contributed by atoms with Gasteiger partial charge in [-0.2, -0.15) is 0 Å². The van der Waals surface area contributed by atoms with Gasteiger partial charge < -0.3 is 14.6 Å². The number of aliphatic hydroxyl groups is 1. The molecule has 2 aromatic rings. The van der Waals surface area contributed by atoms with Gasteiger partial charge in [0.05, 0.1) is 12.8 Å². The molecule has 0 saturated carbocycles. The Morgan fingerprint density at radius 2 is 1.79 bits per heavy atom. The molecule has 0 heterocycles. The Kier molecular flexibility index (Phi) is 6.14. The SMILES string of the molecule is COc1ccc(N=C/C(C(=O)OCc2ccccc2)=C(/C)O)cc1. The van der Waals surface area contributed by atoms with Crippen LogP contribution in [0.3, 0.4) is 0 Å². The van der Waals surface area contributed by atoms with E-state index in [2.05, 4.69) is 4.99 Å². The summed E-state index contributed by atoms with van der Waals surface area (Å²) in [4.78, 5) is 16.3. The first-order valence-corrected chi connectivity index (χ1v) is 7.39. The highest BCUT2D eigenvalue weighted by Gasteiger charge is 2.13. The average molecular weight is 325 g/mol. The van der Waals surface area contributed by atoms with Gasteiger partial charge in [-0.05, 0) is 36.8 Å². The Balaban J connectivity index is 2.04. The molecule has 124 valence electrons. The van der Waals surface area contributed by atoms with Crippen molar-refractivity contribution in [3.63, 3.8) is 0 Å². The number of carbonyl (C=O) groups is 1. The van der Waals surface area contributed by atoms with Gasteiger partial charge in [0.1, 0.15) is 23.7 Å². The number of carbonyl (C=O) groups excluding carboxylic acids is 1. The lowest BCUT2D eigenvalue weighted by Gasteiger charge is -2.06. The third-order valence-corrected chi connectivity index (χ3v) is 3.24. The van der Waals surface area contributed by atoms with E-state index in [9.17, 15) is 9.90 Å². The fourth-order valence-electron chi connectivity index (χ4n) is 1.90. The summed E-state index contributed by atoms with van der Waals surface area (Å²) in [6.07, 6.45) is 1.30. The second kappa shape index (κ2) is 8.53. The highest BCUT2D eigenvalue weighted by Crippen LogP contribution is 2.18. The van der Waals surface area contributed by atoms with Gasteiger partial charge in [-0.25, -0.2) is 4.79 Å². The van der Waals surface area contributed by atoms with Gasteiger partial charge in [0, 0.05) is 6.21 Å². The lowest BCUT2D eigenvalue weighted by Crippen LogP contribution is -2.11. The number of nitrogens with zero attached hydrogens (tertiary/aromatic N) is 1. The fourth-order valence-corrected chi connectivity index (χ4v) is 1.90. The van der Waals surface area contributed by atoms with Crippen LogP contribution in [-0.4, -0.2) is 24.4 Å². The van der Waals surface area contributed by atoms with Crippen LogP contribution in [0.2, 0.25) is 0 Å². The van der Waals surface area contributed by atoms with E-state index in [1.807, 2.05) is 30.3 Å². The summed E-state index contributed by atoms with van der Waals surface area (Å²) < 4.78 is 10.3. The Morgan fingerprint density at radius 3 is 2.38 bits per heavy atom. The number of ether oxygens (including phenoxy) is 2. The highest BCUT2D eigenvalue weighted by molar-refractivity contribution is 6.10. The van der Waals surface area contributed by atoms with Crippen molar-refractivity contribution in [1.82, 2.24) is 0 Å². The van der Waals surface area contributed by atoms with Crippen LogP contribution in [0, 0.1) is 0 Å². The maximum absolute atomic E-state index is 12.1. The van der Waals surface area contributed by atoms with E-state index in [4.69, 9.17) is 9.47 Å². The van der Waals surface area contributed by atoms with E-state index in [1.165, 1.54) is 13.1 Å². The van der Waals surface area contributed by atoms with E-state index in [-0.39, 0.29) is 17.9 Å². The van der Waals surface area contributed by atoms with Gasteiger partial charge in [0.25, 0.3) is 0 Å². The standard InChI is InChI=1S/C19H19NO4/c1-14(21)18(12-20-16-8-10-17(23-2)11-9-16)19(22)24-13-15-6-4-3-5-7-15/h3-12,21H,13H2,1-2H3/b18-14+,20-12?. The van der Waals surface area contributed by atoms with Gasteiger partial charge in [-0.1, -0.05) is 30.3 Å². The first kappa shape index (κ1) is 17.3.